The van der Waals surface area contributed by atoms with Crippen LogP contribution in [-0.4, -0.2) is 111 Å². The molecule has 0 unspecified atom stereocenters. The third-order valence-electron chi connectivity index (χ3n) is 13.4. The van der Waals surface area contributed by atoms with Gasteiger partial charge in [0.15, 0.2) is 12.2 Å². The lowest BCUT2D eigenvalue weighted by Crippen LogP contribution is -2.66. The van der Waals surface area contributed by atoms with Gasteiger partial charge in [0.1, 0.15) is 35.0 Å². The third kappa shape index (κ3) is 8.54. The quantitative estimate of drug-likeness (QED) is 0.194. The predicted molar refractivity (Wildman–Crippen MR) is 222 cm³/mol. The number of fused-ring (bicyclic) bond motifs is 3. The highest BCUT2D eigenvalue weighted by Crippen LogP contribution is 2.48. The molecule has 16 nitrogen and oxygen atoms in total. The number of methoxy groups -OCH3 is 1. The Hall–Kier alpha value is -5.40. The van der Waals surface area contributed by atoms with E-state index in [9.17, 15) is 41.1 Å². The molecule has 4 aliphatic rings. The molecule has 7 atom stereocenters. The van der Waals surface area contributed by atoms with Crippen LogP contribution in [0.15, 0.2) is 53.6 Å². The lowest BCUT2D eigenvalue weighted by Gasteiger charge is -2.46. The topological polar surface area (TPSA) is 211 Å². The standard InChI is InChI=1S/C43H53F3N6O10S/c1-7-25-16-24(2)10-8-9-11-26-19-42(26,38(55)50-63(58,59)41(5)14-15-41)49-35(53)32-18-28(22-51(32)37(54)34(25)52(39(56)57)40(3,4)43(44,45)46)62-36-29-13-12-27(60-6)17-30(29)31(20-48-36)33-21-47-23-61-33/h9,11-13,17,20-21,23-26,28,32,34H,7-8,10,14-16,18-19,22H2,1-6H3,(H,49,53)(H,50,55)(H,56,57)/t24-,25-,26-,28-,32+,34+,42-/m1/s1. The fourth-order valence-electron chi connectivity index (χ4n) is 8.89. The van der Waals surface area contributed by atoms with Crippen molar-refractivity contribution in [1.82, 2.24) is 29.8 Å². The molecule has 2 saturated carbocycles. The van der Waals surface area contributed by atoms with Crippen molar-refractivity contribution in [3.05, 3.63) is 49.1 Å². The van der Waals surface area contributed by atoms with E-state index in [1.807, 2.05) is 13.0 Å². The highest BCUT2D eigenvalue weighted by Gasteiger charge is 2.64. The van der Waals surface area contributed by atoms with Crippen LogP contribution in [0.4, 0.5) is 18.0 Å². The number of rotatable bonds is 10. The number of amides is 4. The highest BCUT2D eigenvalue weighted by molar-refractivity contribution is 7.91. The SMILES string of the molecule is CC[C@@H]1C[C@H](C)CCC=C[C@@H]2C[C@@]2(C(=O)NS(=O)(=O)C2(C)CC2)NC(=O)[C@@H]2C[C@@H](Oc3ncc(-c4cnco4)c4cc(OC)ccc34)CN2C(=O)[C@H]1N(C(=O)O)C(C)(C)C(F)(F)F. The van der Waals surface area contributed by atoms with E-state index in [-0.39, 0.29) is 42.4 Å². The molecule has 2 aliphatic carbocycles. The summed E-state index contributed by atoms with van der Waals surface area (Å²) in [6.07, 6.45) is 1.37. The van der Waals surface area contributed by atoms with Crippen LogP contribution in [0.25, 0.3) is 22.1 Å². The number of aromatic nitrogens is 2. The molecule has 1 saturated heterocycles. The maximum atomic E-state index is 15.3. The van der Waals surface area contributed by atoms with Gasteiger partial charge in [0, 0.05) is 34.9 Å². The number of allylic oxidation sites excluding steroid dienone is 1. The maximum Gasteiger partial charge on any atom is 0.411 e. The van der Waals surface area contributed by atoms with Gasteiger partial charge in [-0.2, -0.15) is 13.2 Å². The minimum absolute atomic E-state index is 0.0352. The number of oxazole rings is 1. The van der Waals surface area contributed by atoms with Gasteiger partial charge in [-0.3, -0.25) is 24.0 Å². The summed E-state index contributed by atoms with van der Waals surface area (Å²) in [6, 6.07) is 1.66. The van der Waals surface area contributed by atoms with Crippen molar-refractivity contribution in [2.45, 2.75) is 126 Å². The van der Waals surface area contributed by atoms with Crippen LogP contribution >= 0.6 is 0 Å². The summed E-state index contributed by atoms with van der Waals surface area (Å²) in [5.74, 6) is -3.69. The first-order valence-corrected chi connectivity index (χ1v) is 22.5. The molecule has 20 heteroatoms. The maximum absolute atomic E-state index is 15.3. The Balaban J connectivity index is 1.32. The minimum atomic E-state index is -5.11. The largest absolute Gasteiger partial charge is 0.497 e. The summed E-state index contributed by atoms with van der Waals surface area (Å²) < 4.78 is 89.7. The van der Waals surface area contributed by atoms with Gasteiger partial charge in [-0.25, -0.2) is 23.2 Å². The summed E-state index contributed by atoms with van der Waals surface area (Å²) in [5, 5.41) is 14.4. The average molecular weight is 903 g/mol. The van der Waals surface area contributed by atoms with Crippen LogP contribution in [-0.2, 0) is 24.4 Å². The average Bonchev–Trinajstić information content (AvgIpc) is 3.97. The molecule has 2 aliphatic heterocycles. The van der Waals surface area contributed by atoms with Gasteiger partial charge in [-0.05, 0) is 89.3 Å². The fourth-order valence-corrected chi connectivity index (χ4v) is 10.2. The number of halogens is 3. The van der Waals surface area contributed by atoms with Crippen LogP contribution in [0.3, 0.4) is 0 Å². The van der Waals surface area contributed by atoms with Crippen molar-refractivity contribution < 1.29 is 59.8 Å². The van der Waals surface area contributed by atoms with Gasteiger partial charge >= 0.3 is 12.3 Å². The third-order valence-corrected chi connectivity index (χ3v) is 15.5. The Morgan fingerprint density at radius 3 is 2.49 bits per heavy atom. The van der Waals surface area contributed by atoms with Crippen molar-refractivity contribution in [1.29, 1.82) is 0 Å². The molecule has 3 N–H and O–H groups in total. The van der Waals surface area contributed by atoms with E-state index in [4.69, 9.17) is 13.9 Å². The van der Waals surface area contributed by atoms with Crippen LogP contribution in [0.5, 0.6) is 11.6 Å². The van der Waals surface area contributed by atoms with Crippen LogP contribution in [0.2, 0.25) is 0 Å². The molecule has 3 aromatic rings. The number of carboxylic acid groups (broad SMARTS) is 1. The van der Waals surface area contributed by atoms with Crippen molar-refractivity contribution >= 4 is 44.6 Å². The minimum Gasteiger partial charge on any atom is -0.497 e. The molecule has 4 heterocycles. The normalized spacial score (nSPS) is 27.6. The first-order chi connectivity index (χ1) is 29.6. The molecule has 1 aromatic carbocycles. The Morgan fingerprint density at radius 1 is 1.14 bits per heavy atom. The summed E-state index contributed by atoms with van der Waals surface area (Å²) in [5.41, 5.74) is -4.26. The van der Waals surface area contributed by atoms with E-state index in [0.717, 1.165) is 4.90 Å². The summed E-state index contributed by atoms with van der Waals surface area (Å²) in [7, 11) is -2.65. The molecular formula is C43H53F3N6O10S. The molecular weight excluding hydrogens is 850 g/mol. The van der Waals surface area contributed by atoms with E-state index < -0.39 is 92.4 Å². The van der Waals surface area contributed by atoms with Crippen LogP contribution < -0.4 is 19.5 Å². The smallest absolute Gasteiger partial charge is 0.411 e. The van der Waals surface area contributed by atoms with Gasteiger partial charge in [-0.15, -0.1) is 0 Å². The van der Waals surface area contributed by atoms with Gasteiger partial charge < -0.3 is 29.2 Å². The van der Waals surface area contributed by atoms with E-state index in [0.29, 0.717) is 67.4 Å². The number of benzene rings is 1. The molecule has 0 spiro atoms. The van der Waals surface area contributed by atoms with E-state index in [2.05, 4.69) is 20.0 Å². The molecule has 2 aromatic heterocycles. The van der Waals surface area contributed by atoms with Crippen molar-refractivity contribution in [2.24, 2.45) is 17.8 Å². The lowest BCUT2D eigenvalue weighted by molar-refractivity contribution is -0.222. The Kier molecular flexibility index (Phi) is 12.0. The monoisotopic (exact) mass is 902 g/mol. The number of hydrogen-bond acceptors (Lipinski definition) is 11. The molecule has 7 rings (SSSR count). The number of carbonyl (C=O) groups excluding carboxylic acids is 3. The van der Waals surface area contributed by atoms with E-state index >= 15 is 4.79 Å². The van der Waals surface area contributed by atoms with Crippen LogP contribution in [0.1, 0.15) is 86.0 Å². The second-order valence-corrected chi connectivity index (χ2v) is 20.3. The zero-order chi connectivity index (χ0) is 45.9. The van der Waals surface area contributed by atoms with Gasteiger partial charge in [-0.1, -0.05) is 32.4 Å². The number of alkyl halides is 3. The number of sulfonamides is 1. The summed E-state index contributed by atoms with van der Waals surface area (Å²) >= 11 is 0. The van der Waals surface area contributed by atoms with Crippen molar-refractivity contribution in [3.63, 3.8) is 0 Å². The van der Waals surface area contributed by atoms with Crippen molar-refractivity contribution in [2.75, 3.05) is 13.7 Å². The van der Waals surface area contributed by atoms with Gasteiger partial charge in [0.05, 0.1) is 24.6 Å². The molecule has 0 bridgehead atoms. The zero-order valence-corrected chi connectivity index (χ0v) is 36.7. The molecule has 3 fully saturated rings. The van der Waals surface area contributed by atoms with E-state index in [1.54, 1.807) is 31.2 Å². The number of carbonyl (C=O) groups is 4. The fraction of sp³-hybridized carbons (Fsp3) is 0.581. The summed E-state index contributed by atoms with van der Waals surface area (Å²) in [6.45, 7) is 6.06. The first kappa shape index (κ1) is 45.6. The lowest BCUT2D eigenvalue weighted by atomic mass is 9.82. The predicted octanol–water partition coefficient (Wildman–Crippen LogP) is 6.21. The number of pyridine rings is 1. The first-order valence-electron chi connectivity index (χ1n) is 21.0. The molecule has 342 valence electrons. The van der Waals surface area contributed by atoms with Gasteiger partial charge in [0.2, 0.25) is 27.7 Å². The van der Waals surface area contributed by atoms with Gasteiger partial charge in [0.25, 0.3) is 5.91 Å². The number of hydrogen-bond donors (Lipinski definition) is 3. The number of nitrogens with zero attached hydrogens (tertiary/aromatic N) is 4. The molecule has 4 amide bonds. The molecule has 63 heavy (non-hydrogen) atoms. The molecule has 0 radical (unpaired) electrons. The zero-order valence-electron chi connectivity index (χ0n) is 35.9. The summed E-state index contributed by atoms with van der Waals surface area (Å²) in [4.78, 5) is 66.9. The second-order valence-electron chi connectivity index (χ2n) is 18.1. The Bertz CT molecular complexity index is 2410. The Labute approximate surface area is 363 Å². The Morgan fingerprint density at radius 2 is 1.87 bits per heavy atom. The van der Waals surface area contributed by atoms with Crippen LogP contribution in [0, 0.1) is 17.8 Å². The second kappa shape index (κ2) is 16.6. The van der Waals surface area contributed by atoms with Crippen molar-refractivity contribution in [3.8, 4) is 23.0 Å². The number of nitrogens with one attached hydrogen (secondary N) is 2. The highest BCUT2D eigenvalue weighted by atomic mass is 32.2. The van der Waals surface area contributed by atoms with E-state index in [1.165, 1.54) is 32.8 Å². The number of ether oxygens (including phenoxy) is 2.